The SMILES string of the molecule is CNC(=O)c1cccc(NC(=O)c2c(F)cccc2Br)c1. The van der Waals surface area contributed by atoms with Crippen LogP contribution in [0.1, 0.15) is 20.7 Å². The number of hydrogen-bond donors (Lipinski definition) is 2. The summed E-state index contributed by atoms with van der Waals surface area (Å²) in [6.07, 6.45) is 0. The molecule has 0 aliphatic carbocycles. The van der Waals surface area contributed by atoms with Crippen LogP contribution in [0, 0.1) is 5.82 Å². The highest BCUT2D eigenvalue weighted by Gasteiger charge is 2.16. The molecule has 2 aromatic rings. The molecule has 108 valence electrons. The van der Waals surface area contributed by atoms with Gasteiger partial charge >= 0.3 is 0 Å². The fourth-order valence-corrected chi connectivity index (χ4v) is 2.31. The van der Waals surface area contributed by atoms with Crippen LogP contribution in [0.2, 0.25) is 0 Å². The molecule has 0 aliphatic rings. The lowest BCUT2D eigenvalue weighted by atomic mass is 10.1. The van der Waals surface area contributed by atoms with Gasteiger partial charge in [0.1, 0.15) is 5.82 Å². The average Bonchev–Trinajstić information content (AvgIpc) is 2.46. The summed E-state index contributed by atoms with van der Waals surface area (Å²) in [5, 5.41) is 5.06. The van der Waals surface area contributed by atoms with Crippen LogP contribution in [-0.2, 0) is 0 Å². The van der Waals surface area contributed by atoms with Crippen molar-refractivity contribution in [3.8, 4) is 0 Å². The Kier molecular flexibility index (Phi) is 4.70. The molecular formula is C15H12BrFN2O2. The maximum Gasteiger partial charge on any atom is 0.259 e. The second-order valence-electron chi connectivity index (χ2n) is 4.21. The smallest absolute Gasteiger partial charge is 0.259 e. The summed E-state index contributed by atoms with van der Waals surface area (Å²) in [5.41, 5.74) is 0.738. The molecular weight excluding hydrogens is 339 g/mol. The molecule has 0 heterocycles. The third-order valence-corrected chi connectivity index (χ3v) is 3.46. The fourth-order valence-electron chi connectivity index (χ4n) is 1.79. The van der Waals surface area contributed by atoms with Crippen molar-refractivity contribution in [1.82, 2.24) is 5.32 Å². The van der Waals surface area contributed by atoms with E-state index < -0.39 is 11.7 Å². The molecule has 0 atom stereocenters. The predicted octanol–water partition coefficient (Wildman–Crippen LogP) is 3.20. The summed E-state index contributed by atoms with van der Waals surface area (Å²) in [5.74, 6) is -1.48. The zero-order chi connectivity index (χ0) is 15.4. The minimum absolute atomic E-state index is 0.0807. The van der Waals surface area contributed by atoms with Crippen molar-refractivity contribution in [2.45, 2.75) is 0 Å². The van der Waals surface area contributed by atoms with Gasteiger partial charge in [0.15, 0.2) is 0 Å². The van der Waals surface area contributed by atoms with E-state index in [0.29, 0.717) is 15.7 Å². The van der Waals surface area contributed by atoms with Crippen LogP contribution in [0.4, 0.5) is 10.1 Å². The summed E-state index contributed by atoms with van der Waals surface area (Å²) in [6.45, 7) is 0. The van der Waals surface area contributed by atoms with Crippen molar-refractivity contribution < 1.29 is 14.0 Å². The Morgan fingerprint density at radius 2 is 1.81 bits per heavy atom. The second-order valence-corrected chi connectivity index (χ2v) is 5.07. The summed E-state index contributed by atoms with van der Waals surface area (Å²) in [6, 6.07) is 10.7. The lowest BCUT2D eigenvalue weighted by Gasteiger charge is -2.09. The number of amides is 2. The van der Waals surface area contributed by atoms with Crippen molar-refractivity contribution in [2.24, 2.45) is 0 Å². The summed E-state index contributed by atoms with van der Waals surface area (Å²) in [7, 11) is 1.52. The topological polar surface area (TPSA) is 58.2 Å². The van der Waals surface area contributed by atoms with Gasteiger partial charge in [-0.25, -0.2) is 4.39 Å². The Labute approximate surface area is 129 Å². The van der Waals surface area contributed by atoms with Gasteiger partial charge in [-0.2, -0.15) is 0 Å². The average molecular weight is 351 g/mol. The first-order valence-corrected chi connectivity index (χ1v) is 6.89. The Hall–Kier alpha value is -2.21. The predicted molar refractivity (Wildman–Crippen MR) is 81.9 cm³/mol. The highest BCUT2D eigenvalue weighted by atomic mass is 79.9. The first kappa shape index (κ1) is 15.2. The van der Waals surface area contributed by atoms with Crippen LogP contribution >= 0.6 is 15.9 Å². The van der Waals surface area contributed by atoms with Crippen LogP contribution < -0.4 is 10.6 Å². The summed E-state index contributed by atoms with van der Waals surface area (Å²) in [4.78, 5) is 23.7. The van der Waals surface area contributed by atoms with Gasteiger partial charge in [0.2, 0.25) is 0 Å². The van der Waals surface area contributed by atoms with Gasteiger partial charge in [-0.05, 0) is 46.3 Å². The van der Waals surface area contributed by atoms with Gasteiger partial charge in [0.25, 0.3) is 11.8 Å². The quantitative estimate of drug-likeness (QED) is 0.892. The Morgan fingerprint density at radius 1 is 1.10 bits per heavy atom. The number of anilines is 1. The van der Waals surface area contributed by atoms with E-state index in [9.17, 15) is 14.0 Å². The third kappa shape index (κ3) is 3.46. The standard InChI is InChI=1S/C15H12BrFN2O2/c1-18-14(20)9-4-2-5-10(8-9)19-15(21)13-11(16)6-3-7-12(13)17/h2-8H,1H3,(H,18,20)(H,19,21). The molecule has 4 nitrogen and oxygen atoms in total. The fraction of sp³-hybridized carbons (Fsp3) is 0.0667. The van der Waals surface area contributed by atoms with Gasteiger partial charge in [-0.1, -0.05) is 12.1 Å². The van der Waals surface area contributed by atoms with Crippen LogP contribution in [-0.4, -0.2) is 18.9 Å². The second kappa shape index (κ2) is 6.49. The van der Waals surface area contributed by atoms with Gasteiger partial charge in [-0.15, -0.1) is 0 Å². The van der Waals surface area contributed by atoms with Gasteiger partial charge in [0.05, 0.1) is 5.56 Å². The number of carbonyl (C=O) groups excluding carboxylic acids is 2. The molecule has 2 rings (SSSR count). The third-order valence-electron chi connectivity index (χ3n) is 2.80. The Bertz CT molecular complexity index is 684. The van der Waals surface area contributed by atoms with E-state index in [1.165, 1.54) is 25.2 Å². The molecule has 0 saturated heterocycles. The van der Waals surface area contributed by atoms with Crippen molar-refractivity contribution in [1.29, 1.82) is 0 Å². The van der Waals surface area contributed by atoms with Crippen molar-refractivity contribution in [2.75, 3.05) is 12.4 Å². The molecule has 0 unspecified atom stereocenters. The van der Waals surface area contributed by atoms with E-state index in [1.54, 1.807) is 24.3 Å². The van der Waals surface area contributed by atoms with Gasteiger partial charge in [0, 0.05) is 22.8 Å². The number of rotatable bonds is 3. The molecule has 0 aromatic heterocycles. The van der Waals surface area contributed by atoms with Crippen molar-refractivity contribution >= 4 is 33.4 Å². The molecule has 2 N–H and O–H groups in total. The van der Waals surface area contributed by atoms with E-state index in [4.69, 9.17) is 0 Å². The zero-order valence-electron chi connectivity index (χ0n) is 11.1. The van der Waals surface area contributed by atoms with Crippen LogP contribution in [0.5, 0.6) is 0 Å². The minimum Gasteiger partial charge on any atom is -0.355 e. The molecule has 0 spiro atoms. The highest BCUT2D eigenvalue weighted by molar-refractivity contribution is 9.10. The van der Waals surface area contributed by atoms with E-state index in [2.05, 4.69) is 26.6 Å². The van der Waals surface area contributed by atoms with Gasteiger partial charge in [-0.3, -0.25) is 9.59 Å². The molecule has 0 saturated carbocycles. The largest absolute Gasteiger partial charge is 0.355 e. The lowest BCUT2D eigenvalue weighted by Crippen LogP contribution is -2.19. The molecule has 0 radical (unpaired) electrons. The van der Waals surface area contributed by atoms with E-state index in [-0.39, 0.29) is 11.5 Å². The highest BCUT2D eigenvalue weighted by Crippen LogP contribution is 2.21. The normalized spacial score (nSPS) is 10.0. The van der Waals surface area contributed by atoms with Crippen LogP contribution in [0.25, 0.3) is 0 Å². The molecule has 21 heavy (non-hydrogen) atoms. The molecule has 6 heteroatoms. The number of halogens is 2. The van der Waals surface area contributed by atoms with Gasteiger partial charge < -0.3 is 10.6 Å². The van der Waals surface area contributed by atoms with Crippen LogP contribution in [0.15, 0.2) is 46.9 Å². The van der Waals surface area contributed by atoms with E-state index in [0.717, 1.165) is 0 Å². The van der Waals surface area contributed by atoms with Crippen molar-refractivity contribution in [3.63, 3.8) is 0 Å². The maximum atomic E-state index is 13.7. The number of hydrogen-bond acceptors (Lipinski definition) is 2. The first-order valence-electron chi connectivity index (χ1n) is 6.10. The maximum absolute atomic E-state index is 13.7. The molecule has 0 fully saturated rings. The van der Waals surface area contributed by atoms with E-state index >= 15 is 0 Å². The monoisotopic (exact) mass is 350 g/mol. The van der Waals surface area contributed by atoms with Crippen LogP contribution in [0.3, 0.4) is 0 Å². The molecule has 2 aromatic carbocycles. The summed E-state index contributed by atoms with van der Waals surface area (Å²) < 4.78 is 14.1. The minimum atomic E-state index is -0.621. The summed E-state index contributed by atoms with van der Waals surface area (Å²) >= 11 is 3.15. The Morgan fingerprint density at radius 3 is 2.48 bits per heavy atom. The molecule has 0 bridgehead atoms. The zero-order valence-corrected chi connectivity index (χ0v) is 12.7. The number of nitrogens with one attached hydrogen (secondary N) is 2. The lowest BCUT2D eigenvalue weighted by molar-refractivity contribution is 0.0961. The Balaban J connectivity index is 2.26. The number of benzene rings is 2. The number of carbonyl (C=O) groups is 2. The molecule has 0 aliphatic heterocycles. The van der Waals surface area contributed by atoms with Crippen molar-refractivity contribution in [3.05, 3.63) is 63.9 Å². The molecule has 2 amide bonds. The van der Waals surface area contributed by atoms with E-state index in [1.807, 2.05) is 0 Å². The first-order chi connectivity index (χ1) is 10.0.